The van der Waals surface area contributed by atoms with E-state index >= 15 is 0 Å². The predicted molar refractivity (Wildman–Crippen MR) is 52.4 cm³/mol. The highest BCUT2D eigenvalue weighted by Crippen LogP contribution is 2.35. The summed E-state index contributed by atoms with van der Waals surface area (Å²) in [5.74, 6) is -2.44. The standard InChI is InChI=1S/C9H9ClO5/c10-1-2-15-9(14)5-3-6(11)8(13)7(12)4-5/h3-4,11-13H,1-2H2. The molecule has 5 nitrogen and oxygen atoms in total. The van der Waals surface area contributed by atoms with Crippen LogP contribution in [0.15, 0.2) is 12.1 Å². The highest BCUT2D eigenvalue weighted by Gasteiger charge is 2.14. The fraction of sp³-hybridized carbons (Fsp3) is 0.222. The number of hydrogen-bond donors (Lipinski definition) is 3. The van der Waals surface area contributed by atoms with Crippen LogP contribution in [0.2, 0.25) is 0 Å². The van der Waals surface area contributed by atoms with Crippen LogP contribution in [0.5, 0.6) is 17.2 Å². The summed E-state index contributed by atoms with van der Waals surface area (Å²) >= 11 is 5.30. The van der Waals surface area contributed by atoms with Gasteiger partial charge < -0.3 is 20.1 Å². The normalized spacial score (nSPS) is 9.93. The van der Waals surface area contributed by atoms with E-state index in [1.54, 1.807) is 0 Å². The number of phenols is 3. The zero-order valence-electron chi connectivity index (χ0n) is 7.61. The van der Waals surface area contributed by atoms with Crippen LogP contribution in [-0.2, 0) is 4.74 Å². The molecule has 1 aromatic rings. The highest BCUT2D eigenvalue weighted by atomic mass is 35.5. The molecule has 0 heterocycles. The Morgan fingerprint density at radius 2 is 1.80 bits per heavy atom. The van der Waals surface area contributed by atoms with Crippen molar-refractivity contribution in [1.29, 1.82) is 0 Å². The number of carbonyl (C=O) groups excluding carboxylic acids is 1. The molecular formula is C9H9ClO5. The Labute approximate surface area is 90.5 Å². The van der Waals surface area contributed by atoms with Gasteiger partial charge in [0.2, 0.25) is 0 Å². The average Bonchev–Trinajstić information content (AvgIpc) is 2.21. The summed E-state index contributed by atoms with van der Waals surface area (Å²) in [5, 5.41) is 27.2. The summed E-state index contributed by atoms with van der Waals surface area (Å²) in [5.41, 5.74) is -0.0621. The number of ether oxygens (including phenoxy) is 1. The first-order valence-electron chi connectivity index (χ1n) is 4.04. The molecule has 0 bridgehead atoms. The molecule has 0 amide bonds. The predicted octanol–water partition coefficient (Wildman–Crippen LogP) is 1.20. The summed E-state index contributed by atoms with van der Waals surface area (Å²) in [6.07, 6.45) is 0. The number of phenolic OH excluding ortho intramolecular Hbond substituents is 3. The molecule has 3 N–H and O–H groups in total. The smallest absolute Gasteiger partial charge is 0.338 e. The molecule has 82 valence electrons. The first kappa shape index (κ1) is 11.5. The molecule has 15 heavy (non-hydrogen) atoms. The average molecular weight is 233 g/mol. The van der Waals surface area contributed by atoms with Crippen molar-refractivity contribution < 1.29 is 24.9 Å². The lowest BCUT2D eigenvalue weighted by Crippen LogP contribution is -2.06. The maximum Gasteiger partial charge on any atom is 0.338 e. The minimum Gasteiger partial charge on any atom is -0.504 e. The Hall–Kier alpha value is -1.62. The van der Waals surface area contributed by atoms with Gasteiger partial charge in [0.25, 0.3) is 0 Å². The van der Waals surface area contributed by atoms with E-state index in [9.17, 15) is 4.79 Å². The first-order valence-corrected chi connectivity index (χ1v) is 4.57. The summed E-state index contributed by atoms with van der Waals surface area (Å²) in [7, 11) is 0. The summed E-state index contributed by atoms with van der Waals surface area (Å²) < 4.78 is 4.65. The molecule has 0 aliphatic carbocycles. The second-order valence-electron chi connectivity index (χ2n) is 2.69. The van der Waals surface area contributed by atoms with Gasteiger partial charge in [0, 0.05) is 0 Å². The van der Waals surface area contributed by atoms with E-state index in [0.29, 0.717) is 0 Å². The van der Waals surface area contributed by atoms with Gasteiger partial charge in [-0.05, 0) is 12.1 Å². The van der Waals surface area contributed by atoms with Crippen molar-refractivity contribution in [2.24, 2.45) is 0 Å². The lowest BCUT2D eigenvalue weighted by Gasteiger charge is -2.05. The molecule has 0 aliphatic heterocycles. The lowest BCUT2D eigenvalue weighted by atomic mass is 10.2. The van der Waals surface area contributed by atoms with Crippen molar-refractivity contribution >= 4 is 17.6 Å². The van der Waals surface area contributed by atoms with E-state index < -0.39 is 23.2 Å². The third-order valence-corrected chi connectivity index (χ3v) is 1.77. The molecule has 0 saturated carbocycles. The molecule has 0 aromatic heterocycles. The van der Waals surface area contributed by atoms with Crippen LogP contribution in [0.3, 0.4) is 0 Å². The molecule has 1 rings (SSSR count). The van der Waals surface area contributed by atoms with Crippen molar-refractivity contribution in [3.05, 3.63) is 17.7 Å². The summed E-state index contributed by atoms with van der Waals surface area (Å²) in [6, 6.07) is 1.98. The Bertz CT molecular complexity index is 354. The van der Waals surface area contributed by atoms with Gasteiger partial charge in [0.1, 0.15) is 6.61 Å². The Morgan fingerprint density at radius 3 is 2.27 bits per heavy atom. The number of aromatic hydroxyl groups is 3. The van der Waals surface area contributed by atoms with Crippen molar-refractivity contribution in [1.82, 2.24) is 0 Å². The Balaban J connectivity index is 2.91. The van der Waals surface area contributed by atoms with Gasteiger partial charge in [-0.1, -0.05) is 0 Å². The SMILES string of the molecule is O=C(OCCCl)c1cc(O)c(O)c(O)c1. The van der Waals surface area contributed by atoms with Gasteiger partial charge in [0.15, 0.2) is 17.2 Å². The third kappa shape index (κ3) is 2.66. The number of halogens is 1. The molecule has 0 radical (unpaired) electrons. The fourth-order valence-electron chi connectivity index (χ4n) is 0.937. The highest BCUT2D eigenvalue weighted by molar-refractivity contribution is 6.18. The molecule has 0 spiro atoms. The van der Waals surface area contributed by atoms with Gasteiger partial charge in [-0.25, -0.2) is 4.79 Å². The van der Waals surface area contributed by atoms with Crippen LogP contribution in [-0.4, -0.2) is 33.8 Å². The maximum atomic E-state index is 11.2. The fourth-order valence-corrected chi connectivity index (χ4v) is 1.01. The van der Waals surface area contributed by atoms with Gasteiger partial charge in [-0.2, -0.15) is 0 Å². The van der Waals surface area contributed by atoms with Crippen LogP contribution < -0.4 is 0 Å². The van der Waals surface area contributed by atoms with E-state index in [-0.39, 0.29) is 18.1 Å². The molecule has 6 heteroatoms. The third-order valence-electron chi connectivity index (χ3n) is 1.62. The largest absolute Gasteiger partial charge is 0.504 e. The van der Waals surface area contributed by atoms with Gasteiger partial charge >= 0.3 is 5.97 Å². The number of rotatable bonds is 3. The molecule has 0 aliphatic rings. The van der Waals surface area contributed by atoms with E-state index in [0.717, 1.165) is 12.1 Å². The van der Waals surface area contributed by atoms with Crippen LogP contribution in [0, 0.1) is 0 Å². The number of hydrogen-bond acceptors (Lipinski definition) is 5. The minimum atomic E-state index is -0.735. The second kappa shape index (κ2) is 4.75. The molecule has 1 aromatic carbocycles. The van der Waals surface area contributed by atoms with Crippen LogP contribution in [0.1, 0.15) is 10.4 Å². The second-order valence-corrected chi connectivity index (χ2v) is 3.07. The van der Waals surface area contributed by atoms with Crippen molar-refractivity contribution in [2.45, 2.75) is 0 Å². The van der Waals surface area contributed by atoms with E-state index in [2.05, 4.69) is 4.74 Å². The zero-order valence-corrected chi connectivity index (χ0v) is 8.36. The Morgan fingerprint density at radius 1 is 1.27 bits per heavy atom. The lowest BCUT2D eigenvalue weighted by molar-refractivity contribution is 0.0528. The van der Waals surface area contributed by atoms with Crippen LogP contribution in [0.25, 0.3) is 0 Å². The van der Waals surface area contributed by atoms with Gasteiger partial charge in [-0.3, -0.25) is 0 Å². The molecule has 0 fully saturated rings. The molecular weight excluding hydrogens is 224 g/mol. The van der Waals surface area contributed by atoms with Gasteiger partial charge in [0.05, 0.1) is 11.4 Å². The quantitative estimate of drug-likeness (QED) is 0.414. The minimum absolute atomic E-state index is 0.0305. The van der Waals surface area contributed by atoms with E-state index in [4.69, 9.17) is 26.9 Å². The molecule has 0 atom stereocenters. The monoisotopic (exact) mass is 232 g/mol. The van der Waals surface area contributed by atoms with Crippen molar-refractivity contribution in [3.63, 3.8) is 0 Å². The first-order chi connectivity index (χ1) is 7.06. The van der Waals surface area contributed by atoms with E-state index in [1.807, 2.05) is 0 Å². The summed E-state index contributed by atoms with van der Waals surface area (Å²) in [4.78, 5) is 11.2. The zero-order chi connectivity index (χ0) is 11.4. The van der Waals surface area contributed by atoms with Crippen LogP contribution >= 0.6 is 11.6 Å². The number of carbonyl (C=O) groups is 1. The number of alkyl halides is 1. The van der Waals surface area contributed by atoms with Crippen LogP contribution in [0.4, 0.5) is 0 Å². The number of esters is 1. The van der Waals surface area contributed by atoms with Gasteiger partial charge in [-0.15, -0.1) is 11.6 Å². The molecule has 0 saturated heterocycles. The van der Waals surface area contributed by atoms with Crippen molar-refractivity contribution in [3.8, 4) is 17.2 Å². The number of benzene rings is 1. The maximum absolute atomic E-state index is 11.2. The summed E-state index contributed by atoms with van der Waals surface area (Å²) in [6.45, 7) is 0.0305. The topological polar surface area (TPSA) is 87.0 Å². The van der Waals surface area contributed by atoms with E-state index in [1.165, 1.54) is 0 Å². The van der Waals surface area contributed by atoms with Crippen molar-refractivity contribution in [2.75, 3.05) is 12.5 Å². The Kier molecular flexibility index (Phi) is 3.62. The molecule has 0 unspecified atom stereocenters.